The topological polar surface area (TPSA) is 73.6 Å². The van der Waals surface area contributed by atoms with E-state index in [1.165, 1.54) is 0 Å². The van der Waals surface area contributed by atoms with Crippen LogP contribution in [0.4, 0.5) is 5.69 Å². The standard InChI is InChI=1S/C13H18N2O4/c1-9(2)18-11-4-3-5-12(13(11)15(16)17)19-10-6-7-14-8-10/h3-5,9-10,14H,6-8H2,1-2H3. The minimum atomic E-state index is -0.449. The van der Waals surface area contributed by atoms with E-state index in [9.17, 15) is 10.1 Å². The summed E-state index contributed by atoms with van der Waals surface area (Å²) in [6, 6.07) is 4.92. The highest BCUT2D eigenvalue weighted by atomic mass is 16.6. The van der Waals surface area contributed by atoms with Crippen LogP contribution in [0.2, 0.25) is 0 Å². The van der Waals surface area contributed by atoms with Crippen LogP contribution in [-0.4, -0.2) is 30.2 Å². The number of rotatable bonds is 5. The number of benzene rings is 1. The van der Waals surface area contributed by atoms with Crippen LogP contribution in [-0.2, 0) is 0 Å². The zero-order valence-electron chi connectivity index (χ0n) is 11.1. The molecule has 0 aromatic heterocycles. The van der Waals surface area contributed by atoms with Crippen molar-refractivity contribution in [3.63, 3.8) is 0 Å². The molecule has 0 aliphatic carbocycles. The lowest BCUT2D eigenvalue weighted by atomic mass is 10.2. The van der Waals surface area contributed by atoms with E-state index in [-0.39, 0.29) is 29.4 Å². The Bertz CT molecular complexity index is 456. The summed E-state index contributed by atoms with van der Waals surface area (Å²) in [4.78, 5) is 10.8. The maximum atomic E-state index is 11.2. The number of nitro groups is 1. The number of hydrogen-bond donors (Lipinski definition) is 1. The van der Waals surface area contributed by atoms with E-state index in [0.29, 0.717) is 6.54 Å². The molecule has 1 saturated heterocycles. The lowest BCUT2D eigenvalue weighted by Crippen LogP contribution is -2.20. The Morgan fingerprint density at radius 2 is 2.16 bits per heavy atom. The van der Waals surface area contributed by atoms with Crippen LogP contribution in [0.1, 0.15) is 20.3 Å². The average Bonchev–Trinajstić information content (AvgIpc) is 2.80. The molecular weight excluding hydrogens is 248 g/mol. The molecule has 6 nitrogen and oxygen atoms in total. The van der Waals surface area contributed by atoms with Crippen molar-refractivity contribution < 1.29 is 14.4 Å². The minimum Gasteiger partial charge on any atom is -0.484 e. The third kappa shape index (κ3) is 3.35. The average molecular weight is 266 g/mol. The van der Waals surface area contributed by atoms with Crippen molar-refractivity contribution in [2.75, 3.05) is 13.1 Å². The Labute approximate surface area is 111 Å². The van der Waals surface area contributed by atoms with Gasteiger partial charge in [-0.2, -0.15) is 0 Å². The number of nitrogens with zero attached hydrogens (tertiary/aromatic N) is 1. The van der Waals surface area contributed by atoms with Crippen LogP contribution in [0, 0.1) is 10.1 Å². The molecule has 0 saturated carbocycles. The molecule has 1 N–H and O–H groups in total. The summed E-state index contributed by atoms with van der Waals surface area (Å²) >= 11 is 0. The first-order valence-electron chi connectivity index (χ1n) is 6.39. The van der Waals surface area contributed by atoms with Gasteiger partial charge < -0.3 is 14.8 Å². The zero-order valence-corrected chi connectivity index (χ0v) is 11.1. The zero-order chi connectivity index (χ0) is 13.8. The van der Waals surface area contributed by atoms with Gasteiger partial charge in [-0.3, -0.25) is 10.1 Å². The molecule has 1 aliphatic rings. The number of hydrogen-bond acceptors (Lipinski definition) is 5. The van der Waals surface area contributed by atoms with Gasteiger partial charge in [0.1, 0.15) is 6.10 Å². The van der Waals surface area contributed by atoms with Gasteiger partial charge in [-0.05, 0) is 38.9 Å². The Morgan fingerprint density at radius 3 is 2.74 bits per heavy atom. The van der Waals surface area contributed by atoms with E-state index in [2.05, 4.69) is 5.32 Å². The molecule has 0 radical (unpaired) electrons. The summed E-state index contributed by atoms with van der Waals surface area (Å²) in [5, 5.41) is 14.4. The van der Waals surface area contributed by atoms with E-state index in [1.807, 2.05) is 13.8 Å². The van der Waals surface area contributed by atoms with Crippen LogP contribution >= 0.6 is 0 Å². The molecule has 1 heterocycles. The van der Waals surface area contributed by atoms with Gasteiger partial charge in [-0.25, -0.2) is 0 Å². The van der Waals surface area contributed by atoms with Gasteiger partial charge in [-0.15, -0.1) is 0 Å². The molecule has 0 bridgehead atoms. The van der Waals surface area contributed by atoms with Crippen LogP contribution in [0.25, 0.3) is 0 Å². The van der Waals surface area contributed by atoms with E-state index in [0.717, 1.165) is 13.0 Å². The van der Waals surface area contributed by atoms with Crippen molar-refractivity contribution >= 4 is 5.69 Å². The summed E-state index contributed by atoms with van der Waals surface area (Å²) < 4.78 is 11.2. The number of para-hydroxylation sites is 1. The summed E-state index contributed by atoms with van der Waals surface area (Å²) in [5.41, 5.74) is -0.0944. The van der Waals surface area contributed by atoms with Gasteiger partial charge in [-0.1, -0.05) is 6.07 Å². The highest BCUT2D eigenvalue weighted by Gasteiger charge is 2.26. The highest BCUT2D eigenvalue weighted by Crippen LogP contribution is 2.37. The highest BCUT2D eigenvalue weighted by molar-refractivity contribution is 5.57. The third-order valence-corrected chi connectivity index (χ3v) is 2.82. The molecule has 1 fully saturated rings. The fraction of sp³-hybridized carbons (Fsp3) is 0.538. The fourth-order valence-corrected chi connectivity index (χ4v) is 2.03. The summed E-state index contributed by atoms with van der Waals surface area (Å²) in [6.07, 6.45) is 0.710. The molecule has 1 aromatic carbocycles. The SMILES string of the molecule is CC(C)Oc1cccc(OC2CCNC2)c1[N+](=O)[O-]. The summed E-state index contributed by atoms with van der Waals surface area (Å²) in [6.45, 7) is 5.25. The third-order valence-electron chi connectivity index (χ3n) is 2.82. The van der Waals surface area contributed by atoms with E-state index in [1.54, 1.807) is 18.2 Å². The van der Waals surface area contributed by atoms with Crippen LogP contribution in [0.15, 0.2) is 18.2 Å². The van der Waals surface area contributed by atoms with Crippen molar-refractivity contribution in [1.29, 1.82) is 0 Å². The van der Waals surface area contributed by atoms with Crippen LogP contribution < -0.4 is 14.8 Å². The quantitative estimate of drug-likeness (QED) is 0.652. The summed E-state index contributed by atoms with van der Waals surface area (Å²) in [5.74, 6) is 0.528. The van der Waals surface area contributed by atoms with Crippen molar-refractivity contribution in [1.82, 2.24) is 5.32 Å². The minimum absolute atomic E-state index is 0.0204. The molecular formula is C13H18N2O4. The first-order chi connectivity index (χ1) is 9.08. The lowest BCUT2D eigenvalue weighted by Gasteiger charge is -2.15. The van der Waals surface area contributed by atoms with Gasteiger partial charge in [0.25, 0.3) is 0 Å². The Morgan fingerprint density at radius 1 is 1.42 bits per heavy atom. The van der Waals surface area contributed by atoms with Crippen molar-refractivity contribution in [3.05, 3.63) is 28.3 Å². The Hall–Kier alpha value is -1.82. The molecule has 1 aromatic rings. The van der Waals surface area contributed by atoms with Gasteiger partial charge in [0.05, 0.1) is 11.0 Å². The van der Waals surface area contributed by atoms with Crippen LogP contribution in [0.5, 0.6) is 11.5 Å². The first-order valence-corrected chi connectivity index (χ1v) is 6.39. The fourth-order valence-electron chi connectivity index (χ4n) is 2.03. The molecule has 1 unspecified atom stereocenters. The maximum absolute atomic E-state index is 11.2. The first kappa shape index (κ1) is 13.6. The Kier molecular flexibility index (Phi) is 4.21. The maximum Gasteiger partial charge on any atom is 0.352 e. The van der Waals surface area contributed by atoms with Gasteiger partial charge in [0.15, 0.2) is 0 Å². The number of ether oxygens (including phenoxy) is 2. The largest absolute Gasteiger partial charge is 0.484 e. The number of nitro benzene ring substituents is 1. The molecule has 19 heavy (non-hydrogen) atoms. The predicted molar refractivity (Wildman–Crippen MR) is 70.8 cm³/mol. The van der Waals surface area contributed by atoms with Crippen molar-refractivity contribution in [3.8, 4) is 11.5 Å². The second-order valence-corrected chi connectivity index (χ2v) is 4.76. The monoisotopic (exact) mass is 266 g/mol. The normalized spacial score (nSPS) is 18.6. The van der Waals surface area contributed by atoms with Crippen LogP contribution in [0.3, 0.4) is 0 Å². The van der Waals surface area contributed by atoms with Crippen molar-refractivity contribution in [2.45, 2.75) is 32.5 Å². The van der Waals surface area contributed by atoms with E-state index in [4.69, 9.17) is 9.47 Å². The second-order valence-electron chi connectivity index (χ2n) is 4.76. The van der Waals surface area contributed by atoms with Gasteiger partial charge in [0.2, 0.25) is 11.5 Å². The smallest absolute Gasteiger partial charge is 0.352 e. The molecule has 1 atom stereocenters. The second kappa shape index (κ2) is 5.88. The van der Waals surface area contributed by atoms with Crippen molar-refractivity contribution in [2.24, 2.45) is 0 Å². The molecule has 6 heteroatoms. The van der Waals surface area contributed by atoms with E-state index < -0.39 is 4.92 Å². The Balaban J connectivity index is 2.27. The predicted octanol–water partition coefficient (Wildman–Crippen LogP) is 2.12. The molecule has 1 aliphatic heterocycles. The number of nitrogens with one attached hydrogen (secondary N) is 1. The lowest BCUT2D eigenvalue weighted by molar-refractivity contribution is -0.387. The summed E-state index contributed by atoms with van der Waals surface area (Å²) in [7, 11) is 0. The van der Waals surface area contributed by atoms with Gasteiger partial charge in [0, 0.05) is 6.54 Å². The molecule has 0 amide bonds. The van der Waals surface area contributed by atoms with Gasteiger partial charge >= 0.3 is 5.69 Å². The molecule has 104 valence electrons. The van der Waals surface area contributed by atoms with E-state index >= 15 is 0 Å². The molecule has 2 rings (SSSR count). The molecule has 0 spiro atoms.